The predicted molar refractivity (Wildman–Crippen MR) is 106 cm³/mol. The summed E-state index contributed by atoms with van der Waals surface area (Å²) >= 11 is 0. The topological polar surface area (TPSA) is 60.7 Å². The van der Waals surface area contributed by atoms with Gasteiger partial charge in [-0.15, -0.1) is 0 Å². The van der Waals surface area contributed by atoms with Crippen LogP contribution in [0.5, 0.6) is 0 Å². The molecule has 3 rings (SSSR count). The summed E-state index contributed by atoms with van der Waals surface area (Å²) in [6.07, 6.45) is 7.04. The van der Waals surface area contributed by atoms with Crippen molar-refractivity contribution in [3.63, 3.8) is 0 Å². The van der Waals surface area contributed by atoms with E-state index < -0.39 is 0 Å². The zero-order valence-corrected chi connectivity index (χ0v) is 17.6. The van der Waals surface area contributed by atoms with Crippen LogP contribution in [-0.2, 0) is 0 Å². The fourth-order valence-electron chi connectivity index (χ4n) is 7.53. The summed E-state index contributed by atoms with van der Waals surface area (Å²) in [5.74, 6) is 2.20. The summed E-state index contributed by atoms with van der Waals surface area (Å²) in [4.78, 5) is 0. The van der Waals surface area contributed by atoms with Crippen LogP contribution in [0.2, 0.25) is 0 Å². The quantitative estimate of drug-likeness (QED) is 0.692. The lowest BCUT2D eigenvalue weighted by Crippen LogP contribution is -2.57. The van der Waals surface area contributed by atoms with E-state index in [0.717, 1.165) is 44.9 Å². The Labute approximate surface area is 160 Å². The highest BCUT2D eigenvalue weighted by molar-refractivity contribution is 5.10. The molecule has 0 aromatic heterocycles. The van der Waals surface area contributed by atoms with Gasteiger partial charge in [0.15, 0.2) is 0 Å². The Hall–Kier alpha value is -0.120. The summed E-state index contributed by atoms with van der Waals surface area (Å²) in [6, 6.07) is 0. The minimum Gasteiger partial charge on any atom is -0.393 e. The van der Waals surface area contributed by atoms with Crippen LogP contribution in [0.25, 0.3) is 0 Å². The highest BCUT2D eigenvalue weighted by Gasteiger charge is 2.62. The largest absolute Gasteiger partial charge is 0.393 e. The first-order valence-electron chi connectivity index (χ1n) is 11.2. The van der Waals surface area contributed by atoms with Crippen molar-refractivity contribution in [3.8, 4) is 0 Å². The monoisotopic (exact) mass is 366 g/mol. The number of aliphatic hydroxyl groups excluding tert-OH is 3. The molecule has 0 radical (unpaired) electrons. The zero-order valence-electron chi connectivity index (χ0n) is 17.6. The van der Waals surface area contributed by atoms with Gasteiger partial charge in [0.2, 0.25) is 0 Å². The first-order valence-corrected chi connectivity index (χ1v) is 11.2. The molecule has 0 aromatic rings. The number of hydrogen-bond acceptors (Lipinski definition) is 3. The Bertz CT molecular complexity index is 482. The molecule has 3 fully saturated rings. The van der Waals surface area contributed by atoms with Crippen LogP contribution in [0.15, 0.2) is 0 Å². The number of aliphatic hydroxyl groups is 3. The summed E-state index contributed by atoms with van der Waals surface area (Å²) in [7, 11) is 0. The van der Waals surface area contributed by atoms with E-state index in [1.54, 1.807) is 0 Å². The molecular weight excluding hydrogens is 324 g/mol. The number of rotatable bonds is 4. The molecule has 3 saturated carbocycles. The maximum absolute atomic E-state index is 11.4. The smallest absolute Gasteiger partial charge is 0.0602 e. The molecule has 0 bridgehead atoms. The van der Waals surface area contributed by atoms with Gasteiger partial charge in [0, 0.05) is 0 Å². The van der Waals surface area contributed by atoms with E-state index in [1.165, 1.54) is 6.42 Å². The van der Waals surface area contributed by atoms with Gasteiger partial charge in [-0.1, -0.05) is 34.6 Å². The molecule has 152 valence electrons. The molecule has 0 saturated heterocycles. The van der Waals surface area contributed by atoms with Crippen molar-refractivity contribution >= 4 is 0 Å². The second-order valence-corrected chi connectivity index (χ2v) is 10.7. The molecule has 0 amide bonds. The van der Waals surface area contributed by atoms with Crippen LogP contribution in [0.1, 0.15) is 86.0 Å². The Morgan fingerprint density at radius 2 is 1.58 bits per heavy atom. The third-order valence-corrected chi connectivity index (χ3v) is 9.17. The lowest BCUT2D eigenvalue weighted by atomic mass is 9.48. The minimum absolute atomic E-state index is 0.0595. The first-order chi connectivity index (χ1) is 12.1. The zero-order chi connectivity index (χ0) is 19.3. The molecule has 0 heterocycles. The molecule has 3 heteroatoms. The van der Waals surface area contributed by atoms with Gasteiger partial charge in [-0.2, -0.15) is 0 Å². The van der Waals surface area contributed by atoms with Crippen molar-refractivity contribution in [3.05, 3.63) is 0 Å². The highest BCUT2D eigenvalue weighted by Crippen LogP contribution is 2.65. The van der Waals surface area contributed by atoms with Gasteiger partial charge in [0.25, 0.3) is 0 Å². The van der Waals surface area contributed by atoms with Gasteiger partial charge < -0.3 is 15.3 Å². The van der Waals surface area contributed by atoms with E-state index in [1.807, 2.05) is 0 Å². The van der Waals surface area contributed by atoms with Crippen molar-refractivity contribution in [1.29, 1.82) is 0 Å². The maximum Gasteiger partial charge on any atom is 0.0602 e. The van der Waals surface area contributed by atoms with Crippen LogP contribution in [0.3, 0.4) is 0 Å². The van der Waals surface area contributed by atoms with Crippen molar-refractivity contribution in [2.45, 2.75) is 104 Å². The van der Waals surface area contributed by atoms with Gasteiger partial charge >= 0.3 is 0 Å². The van der Waals surface area contributed by atoms with Crippen molar-refractivity contribution < 1.29 is 15.3 Å². The minimum atomic E-state index is -0.272. The average molecular weight is 367 g/mol. The predicted octanol–water partition coefficient (Wildman–Crippen LogP) is 4.38. The van der Waals surface area contributed by atoms with Gasteiger partial charge in [0.1, 0.15) is 0 Å². The summed E-state index contributed by atoms with van der Waals surface area (Å²) in [5, 5.41) is 32.5. The van der Waals surface area contributed by atoms with E-state index in [-0.39, 0.29) is 35.1 Å². The molecular formula is C23H42O3. The summed E-state index contributed by atoms with van der Waals surface area (Å²) in [5.41, 5.74) is 0.0777. The number of hydrogen-bond donors (Lipinski definition) is 3. The Kier molecular flexibility index (Phi) is 5.84. The first kappa shape index (κ1) is 20.6. The third-order valence-electron chi connectivity index (χ3n) is 9.17. The standard InChI is InChI=1S/C23H42O3/c1-6-19(25)21-17-8-7-16(14(2)3)23(17,5)20(26)13-18(21)22(4)11-9-15(24)10-12-22/h14-21,24-26H,6-13H2,1-5H3/t15-,16-,17+,18+,19-,20+,21?,22+,23-/m1/s1. The molecule has 3 nitrogen and oxygen atoms in total. The lowest BCUT2D eigenvalue weighted by molar-refractivity contribution is -0.165. The normalized spacial score (nSPS) is 50.7. The maximum atomic E-state index is 11.4. The van der Waals surface area contributed by atoms with Crippen molar-refractivity contribution in [2.75, 3.05) is 0 Å². The van der Waals surface area contributed by atoms with E-state index in [9.17, 15) is 15.3 Å². The Balaban J connectivity index is 1.95. The highest BCUT2D eigenvalue weighted by atomic mass is 16.3. The third kappa shape index (κ3) is 3.16. The second kappa shape index (κ2) is 7.37. The molecule has 7 atom stereocenters. The summed E-state index contributed by atoms with van der Waals surface area (Å²) in [6.45, 7) is 11.4. The number of fused-ring (bicyclic) bond motifs is 1. The molecule has 26 heavy (non-hydrogen) atoms. The summed E-state index contributed by atoms with van der Waals surface area (Å²) < 4.78 is 0. The van der Waals surface area contributed by atoms with E-state index in [2.05, 4.69) is 34.6 Å². The van der Waals surface area contributed by atoms with Gasteiger partial charge in [-0.25, -0.2) is 0 Å². The molecule has 3 N–H and O–H groups in total. The molecule has 3 aliphatic rings. The van der Waals surface area contributed by atoms with E-state index in [4.69, 9.17) is 0 Å². The average Bonchev–Trinajstić information content (AvgIpc) is 2.96. The fraction of sp³-hybridized carbons (Fsp3) is 1.00. The molecule has 0 spiro atoms. The Morgan fingerprint density at radius 1 is 0.962 bits per heavy atom. The van der Waals surface area contributed by atoms with E-state index in [0.29, 0.717) is 23.7 Å². The molecule has 0 aromatic carbocycles. The molecule has 1 unspecified atom stereocenters. The van der Waals surface area contributed by atoms with Crippen LogP contribution in [0.4, 0.5) is 0 Å². The van der Waals surface area contributed by atoms with Gasteiger partial charge in [0.05, 0.1) is 18.3 Å². The van der Waals surface area contributed by atoms with Crippen molar-refractivity contribution in [2.24, 2.45) is 40.4 Å². The van der Waals surface area contributed by atoms with Crippen LogP contribution in [-0.4, -0.2) is 33.6 Å². The molecule has 3 aliphatic carbocycles. The van der Waals surface area contributed by atoms with E-state index >= 15 is 0 Å². The van der Waals surface area contributed by atoms with Gasteiger partial charge in [-0.3, -0.25) is 0 Å². The SMILES string of the molecule is CC[C@@H](O)C1[C@@H]2CC[C@H](C(C)C)[C@@]2(C)[C@@H](O)C[C@@H]1[C@]1(C)CC[C@H](O)CC1. The van der Waals surface area contributed by atoms with Crippen LogP contribution >= 0.6 is 0 Å². The van der Waals surface area contributed by atoms with Crippen LogP contribution < -0.4 is 0 Å². The fourth-order valence-corrected chi connectivity index (χ4v) is 7.53. The van der Waals surface area contributed by atoms with Crippen LogP contribution in [0, 0.1) is 40.4 Å². The van der Waals surface area contributed by atoms with Gasteiger partial charge in [-0.05, 0) is 91.8 Å². The Morgan fingerprint density at radius 3 is 2.12 bits per heavy atom. The lowest BCUT2D eigenvalue weighted by Gasteiger charge is -2.58. The second-order valence-electron chi connectivity index (χ2n) is 10.7. The molecule has 0 aliphatic heterocycles. The van der Waals surface area contributed by atoms with Crippen molar-refractivity contribution in [1.82, 2.24) is 0 Å².